The quantitative estimate of drug-likeness (QED) is 0.162. The number of fused-ring (bicyclic) bond motifs is 1. The molecular weight excluding hydrogens is 544 g/mol. The minimum absolute atomic E-state index is 0.0863. The van der Waals surface area contributed by atoms with Gasteiger partial charge in [-0.25, -0.2) is 4.98 Å². The molecule has 11 nitrogen and oxygen atoms in total. The van der Waals surface area contributed by atoms with Crippen LogP contribution in [0.2, 0.25) is 0 Å². The minimum atomic E-state index is -0.665. The maximum atomic E-state index is 13.6. The van der Waals surface area contributed by atoms with Crippen molar-refractivity contribution in [1.29, 1.82) is 0 Å². The number of amides is 1. The molecule has 0 radical (unpaired) electrons. The van der Waals surface area contributed by atoms with Gasteiger partial charge in [-0.3, -0.25) is 14.9 Å². The van der Waals surface area contributed by atoms with Gasteiger partial charge >= 0.3 is 5.88 Å². The number of aromatic nitrogens is 1. The average molecular weight is 561 g/mol. The Kier molecular flexibility index (Phi) is 6.98. The van der Waals surface area contributed by atoms with Crippen molar-refractivity contribution in [3.63, 3.8) is 0 Å². The molecule has 0 aliphatic rings. The van der Waals surface area contributed by atoms with Crippen LogP contribution in [0.25, 0.3) is 10.2 Å². The third kappa shape index (κ3) is 4.95. The molecule has 0 fully saturated rings. The Morgan fingerprint density at radius 3 is 2.46 bits per heavy atom. The Balaban J connectivity index is 1.80. The molecule has 0 spiro atoms. The zero-order valence-corrected chi connectivity index (χ0v) is 21.0. The van der Waals surface area contributed by atoms with Crippen LogP contribution in [-0.4, -0.2) is 43.4 Å². The molecular formula is C22H17BrN4O7S. The molecule has 0 aliphatic carbocycles. The summed E-state index contributed by atoms with van der Waals surface area (Å²) >= 11 is 4.67. The van der Waals surface area contributed by atoms with Crippen molar-refractivity contribution >= 4 is 60.6 Å². The fourth-order valence-corrected chi connectivity index (χ4v) is 4.59. The Labute approximate surface area is 210 Å². The van der Waals surface area contributed by atoms with Gasteiger partial charge in [-0.05, 0) is 36.4 Å². The first-order valence-corrected chi connectivity index (χ1v) is 11.4. The van der Waals surface area contributed by atoms with Gasteiger partial charge in [0, 0.05) is 10.0 Å². The number of hydrazone groups is 1. The summed E-state index contributed by atoms with van der Waals surface area (Å²) in [7, 11) is 4.34. The molecule has 1 amide bonds. The first kappa shape index (κ1) is 24.2. The summed E-state index contributed by atoms with van der Waals surface area (Å²) < 4.78 is 22.9. The van der Waals surface area contributed by atoms with E-state index in [1.54, 1.807) is 6.07 Å². The van der Waals surface area contributed by atoms with Crippen LogP contribution >= 0.6 is 27.3 Å². The van der Waals surface area contributed by atoms with Crippen molar-refractivity contribution in [2.45, 2.75) is 0 Å². The predicted molar refractivity (Wildman–Crippen MR) is 133 cm³/mol. The number of carbonyl (C=O) groups excluding carboxylic acids is 1. The lowest BCUT2D eigenvalue weighted by molar-refractivity contribution is -0.402. The highest BCUT2D eigenvalue weighted by Crippen LogP contribution is 2.39. The SMILES string of the molecule is COc1cc(C(=O)N(/N=C/c2ccc([N+](=O)[O-])o2)c2nc3ccc(Br)cc3s2)cc(OC)c1OC. The summed E-state index contributed by atoms with van der Waals surface area (Å²) in [6, 6.07) is 11.1. The number of thiazole rings is 1. The lowest BCUT2D eigenvalue weighted by Gasteiger charge is -2.17. The summed E-state index contributed by atoms with van der Waals surface area (Å²) in [5.41, 5.74) is 0.849. The first-order valence-electron chi connectivity index (χ1n) is 9.83. The second kappa shape index (κ2) is 10.1. The molecule has 0 saturated heterocycles. The molecule has 4 aromatic rings. The third-order valence-electron chi connectivity index (χ3n) is 4.72. The predicted octanol–water partition coefficient (Wildman–Crippen LogP) is 5.27. The number of hydrogen-bond donors (Lipinski definition) is 0. The van der Waals surface area contributed by atoms with Gasteiger partial charge in [-0.2, -0.15) is 10.1 Å². The molecule has 35 heavy (non-hydrogen) atoms. The van der Waals surface area contributed by atoms with E-state index in [2.05, 4.69) is 26.0 Å². The number of benzene rings is 2. The number of methoxy groups -OCH3 is 3. The van der Waals surface area contributed by atoms with Crippen molar-refractivity contribution in [1.82, 2.24) is 4.98 Å². The molecule has 0 bridgehead atoms. The van der Waals surface area contributed by atoms with Gasteiger partial charge in [0.2, 0.25) is 10.9 Å². The summed E-state index contributed by atoms with van der Waals surface area (Å²) in [6.45, 7) is 0. The molecule has 2 heterocycles. The van der Waals surface area contributed by atoms with E-state index >= 15 is 0 Å². The monoisotopic (exact) mass is 560 g/mol. The summed E-state index contributed by atoms with van der Waals surface area (Å²) in [4.78, 5) is 28.4. The Hall–Kier alpha value is -3.97. The first-order chi connectivity index (χ1) is 16.8. The van der Waals surface area contributed by atoms with Crippen LogP contribution in [0.5, 0.6) is 17.2 Å². The number of ether oxygens (including phenoxy) is 3. The Bertz CT molecular complexity index is 1420. The highest BCUT2D eigenvalue weighted by Gasteiger charge is 2.25. The summed E-state index contributed by atoms with van der Waals surface area (Å²) in [6.07, 6.45) is 1.20. The van der Waals surface area contributed by atoms with Gasteiger partial charge in [0.25, 0.3) is 5.91 Å². The second-order valence-electron chi connectivity index (χ2n) is 6.82. The van der Waals surface area contributed by atoms with Gasteiger partial charge in [0.05, 0.1) is 43.8 Å². The van der Waals surface area contributed by atoms with Crippen LogP contribution in [-0.2, 0) is 0 Å². The molecule has 13 heteroatoms. The van der Waals surface area contributed by atoms with Gasteiger partial charge < -0.3 is 18.6 Å². The molecule has 180 valence electrons. The second-order valence-corrected chi connectivity index (χ2v) is 8.74. The summed E-state index contributed by atoms with van der Waals surface area (Å²) in [5, 5.41) is 16.5. The highest BCUT2D eigenvalue weighted by atomic mass is 79.9. The van der Waals surface area contributed by atoms with E-state index in [9.17, 15) is 14.9 Å². The molecule has 0 saturated carbocycles. The number of nitrogens with zero attached hydrogens (tertiary/aromatic N) is 4. The molecule has 0 unspecified atom stereocenters. The number of furan rings is 1. The van der Waals surface area contributed by atoms with Crippen LogP contribution in [0.15, 0.2) is 56.5 Å². The highest BCUT2D eigenvalue weighted by molar-refractivity contribution is 9.10. The zero-order chi connectivity index (χ0) is 25.1. The maximum Gasteiger partial charge on any atom is 0.433 e. The molecule has 0 atom stereocenters. The van der Waals surface area contributed by atoms with Crippen LogP contribution < -0.4 is 19.2 Å². The Morgan fingerprint density at radius 1 is 1.14 bits per heavy atom. The molecule has 4 rings (SSSR count). The van der Waals surface area contributed by atoms with Gasteiger partial charge in [0.15, 0.2) is 17.3 Å². The van der Waals surface area contributed by atoms with Gasteiger partial charge in [-0.1, -0.05) is 27.3 Å². The van der Waals surface area contributed by atoms with Gasteiger partial charge in [-0.15, -0.1) is 0 Å². The van der Waals surface area contributed by atoms with E-state index < -0.39 is 16.7 Å². The Morgan fingerprint density at radius 2 is 1.86 bits per heavy atom. The van der Waals surface area contributed by atoms with Crippen molar-refractivity contribution < 1.29 is 28.3 Å². The number of nitro groups is 1. The van der Waals surface area contributed by atoms with Crippen LogP contribution in [0.4, 0.5) is 11.0 Å². The number of carbonyl (C=O) groups is 1. The van der Waals surface area contributed by atoms with E-state index in [1.807, 2.05) is 12.1 Å². The van der Waals surface area contributed by atoms with E-state index in [0.717, 1.165) is 14.2 Å². The van der Waals surface area contributed by atoms with Gasteiger partial charge in [0.1, 0.15) is 4.92 Å². The smallest absolute Gasteiger partial charge is 0.433 e. The third-order valence-corrected chi connectivity index (χ3v) is 6.20. The van der Waals surface area contributed by atoms with Crippen molar-refractivity contribution in [2.75, 3.05) is 26.3 Å². The fraction of sp³-hybridized carbons (Fsp3) is 0.136. The number of anilines is 1. The van der Waals surface area contributed by atoms with Crippen LogP contribution in [0.3, 0.4) is 0 Å². The van der Waals surface area contributed by atoms with Crippen molar-refractivity contribution in [3.05, 3.63) is 68.4 Å². The topological polar surface area (TPSA) is 130 Å². The minimum Gasteiger partial charge on any atom is -0.493 e. The van der Waals surface area contributed by atoms with E-state index in [0.29, 0.717) is 11.3 Å². The number of halogens is 1. The van der Waals surface area contributed by atoms with Crippen molar-refractivity contribution in [3.8, 4) is 17.2 Å². The average Bonchev–Trinajstić information content (AvgIpc) is 3.50. The molecule has 2 aromatic carbocycles. The maximum absolute atomic E-state index is 13.6. The lowest BCUT2D eigenvalue weighted by Crippen LogP contribution is -2.25. The summed E-state index contributed by atoms with van der Waals surface area (Å²) in [5.74, 6) is -0.0147. The number of rotatable bonds is 8. The largest absolute Gasteiger partial charge is 0.493 e. The molecule has 0 N–H and O–H groups in total. The van der Waals surface area contributed by atoms with E-state index in [4.69, 9.17) is 18.6 Å². The molecule has 0 aliphatic heterocycles. The zero-order valence-electron chi connectivity index (χ0n) is 18.6. The normalized spacial score (nSPS) is 11.1. The molecule has 2 aromatic heterocycles. The number of hydrogen-bond acceptors (Lipinski definition) is 10. The fourth-order valence-electron chi connectivity index (χ4n) is 3.12. The van der Waals surface area contributed by atoms with Crippen LogP contribution in [0.1, 0.15) is 16.1 Å². The van der Waals surface area contributed by atoms with Crippen LogP contribution in [0, 0.1) is 10.1 Å². The van der Waals surface area contributed by atoms with E-state index in [1.165, 1.54) is 63.1 Å². The van der Waals surface area contributed by atoms with Crippen molar-refractivity contribution in [2.24, 2.45) is 5.10 Å². The standard InChI is InChI=1S/C22H17BrN4O7S/c1-31-16-8-12(9-17(32-2)20(16)33-3)21(28)26(24-11-14-5-7-19(34-14)27(29)30)22-25-15-6-4-13(23)10-18(15)35-22/h4-11H,1-3H3/b24-11+. The lowest BCUT2D eigenvalue weighted by atomic mass is 10.1. The van der Waals surface area contributed by atoms with E-state index in [-0.39, 0.29) is 28.0 Å².